The Balaban J connectivity index is 1.64. The first-order valence-electron chi connectivity index (χ1n) is 7.47. The summed E-state index contributed by atoms with van der Waals surface area (Å²) in [5.41, 5.74) is 0.281. The molecule has 2 aliphatic rings. The molecular formula is C16H18F3NO3. The first-order chi connectivity index (χ1) is 10.8. The number of carbonyl (C=O) groups is 1. The van der Waals surface area contributed by atoms with E-state index >= 15 is 0 Å². The maximum Gasteiger partial charge on any atom is 0.393 e. The summed E-state index contributed by atoms with van der Waals surface area (Å²) in [6.07, 6.45) is -5.14. The highest BCUT2D eigenvalue weighted by Crippen LogP contribution is 2.42. The standard InChI is InChI=1S/C16H18F3NO3/c17-16(18,19)5-11-1-3-12(4-2-11)6-20-7-13-8-23-10-15(13,9-20)14(21)22/h1-4,13H,5-10H2,(H,21,22)/t13-,15-/m1/s1. The summed E-state index contributed by atoms with van der Waals surface area (Å²) in [5.74, 6) is -0.854. The van der Waals surface area contributed by atoms with Crippen LogP contribution in [0.3, 0.4) is 0 Å². The lowest BCUT2D eigenvalue weighted by Gasteiger charge is -2.22. The summed E-state index contributed by atoms with van der Waals surface area (Å²) >= 11 is 0. The number of aliphatic carboxylic acids is 1. The Labute approximate surface area is 131 Å². The molecule has 126 valence electrons. The lowest BCUT2D eigenvalue weighted by molar-refractivity contribution is -0.149. The highest BCUT2D eigenvalue weighted by molar-refractivity contribution is 5.76. The molecule has 2 aliphatic heterocycles. The summed E-state index contributed by atoms with van der Waals surface area (Å²) in [4.78, 5) is 13.6. The third-order valence-corrected chi connectivity index (χ3v) is 4.70. The number of carboxylic acids is 1. The number of hydrogen-bond acceptors (Lipinski definition) is 3. The van der Waals surface area contributed by atoms with Gasteiger partial charge < -0.3 is 9.84 Å². The van der Waals surface area contributed by atoms with E-state index in [-0.39, 0.29) is 18.1 Å². The molecule has 7 heteroatoms. The summed E-state index contributed by atoms with van der Waals surface area (Å²) in [6, 6.07) is 6.32. The van der Waals surface area contributed by atoms with Crippen molar-refractivity contribution in [1.82, 2.24) is 4.90 Å². The van der Waals surface area contributed by atoms with E-state index in [1.54, 1.807) is 12.1 Å². The Bertz CT molecular complexity index is 587. The molecule has 23 heavy (non-hydrogen) atoms. The third kappa shape index (κ3) is 3.35. The lowest BCUT2D eigenvalue weighted by Crippen LogP contribution is -2.38. The van der Waals surface area contributed by atoms with Crippen LogP contribution in [0.5, 0.6) is 0 Å². The first kappa shape index (κ1) is 16.3. The van der Waals surface area contributed by atoms with Crippen LogP contribution in [-0.2, 0) is 22.5 Å². The Hall–Kier alpha value is -1.60. The third-order valence-electron chi connectivity index (χ3n) is 4.70. The Morgan fingerprint density at radius 3 is 2.52 bits per heavy atom. The Morgan fingerprint density at radius 1 is 1.30 bits per heavy atom. The zero-order chi connectivity index (χ0) is 16.7. The van der Waals surface area contributed by atoms with Gasteiger partial charge in [-0.25, -0.2) is 0 Å². The molecule has 0 unspecified atom stereocenters. The van der Waals surface area contributed by atoms with E-state index in [9.17, 15) is 23.1 Å². The van der Waals surface area contributed by atoms with Crippen molar-refractivity contribution in [3.63, 3.8) is 0 Å². The van der Waals surface area contributed by atoms with Gasteiger partial charge in [-0.1, -0.05) is 24.3 Å². The molecule has 1 N–H and O–H groups in total. The van der Waals surface area contributed by atoms with Crippen LogP contribution in [0, 0.1) is 11.3 Å². The topological polar surface area (TPSA) is 49.8 Å². The second-order valence-corrected chi connectivity index (χ2v) is 6.45. The Morgan fingerprint density at radius 2 is 1.96 bits per heavy atom. The predicted molar refractivity (Wildman–Crippen MR) is 75.9 cm³/mol. The van der Waals surface area contributed by atoms with Crippen LogP contribution >= 0.6 is 0 Å². The van der Waals surface area contributed by atoms with E-state index in [1.807, 2.05) is 4.90 Å². The van der Waals surface area contributed by atoms with Crippen molar-refractivity contribution >= 4 is 5.97 Å². The number of rotatable bonds is 4. The van der Waals surface area contributed by atoms with Crippen LogP contribution in [0.4, 0.5) is 13.2 Å². The highest BCUT2D eigenvalue weighted by atomic mass is 19.4. The van der Waals surface area contributed by atoms with Gasteiger partial charge in [0.2, 0.25) is 0 Å². The van der Waals surface area contributed by atoms with E-state index in [1.165, 1.54) is 12.1 Å². The molecule has 0 bridgehead atoms. The second kappa shape index (κ2) is 5.79. The molecule has 2 atom stereocenters. The van der Waals surface area contributed by atoms with Gasteiger partial charge in [0.1, 0.15) is 5.41 Å². The normalized spacial score (nSPS) is 28.0. The van der Waals surface area contributed by atoms with E-state index in [4.69, 9.17) is 4.74 Å². The van der Waals surface area contributed by atoms with E-state index < -0.39 is 24.0 Å². The van der Waals surface area contributed by atoms with Crippen LogP contribution in [0.2, 0.25) is 0 Å². The average molecular weight is 329 g/mol. The van der Waals surface area contributed by atoms with Gasteiger partial charge in [0.05, 0.1) is 19.6 Å². The van der Waals surface area contributed by atoms with E-state index in [2.05, 4.69) is 0 Å². The highest BCUT2D eigenvalue weighted by Gasteiger charge is 2.55. The molecule has 2 fully saturated rings. The van der Waals surface area contributed by atoms with E-state index in [0.717, 1.165) is 5.56 Å². The average Bonchev–Trinajstić information content (AvgIpc) is 2.97. The molecule has 0 amide bonds. The maximum absolute atomic E-state index is 12.3. The summed E-state index contributed by atoms with van der Waals surface area (Å²) in [6.45, 7) is 2.27. The smallest absolute Gasteiger partial charge is 0.393 e. The van der Waals surface area contributed by atoms with Crippen molar-refractivity contribution in [3.8, 4) is 0 Å². The van der Waals surface area contributed by atoms with Gasteiger partial charge in [-0.2, -0.15) is 13.2 Å². The quantitative estimate of drug-likeness (QED) is 0.921. The molecule has 2 heterocycles. The monoisotopic (exact) mass is 329 g/mol. The van der Waals surface area contributed by atoms with Crippen LogP contribution in [0.25, 0.3) is 0 Å². The number of hydrogen-bond donors (Lipinski definition) is 1. The number of likely N-dealkylation sites (tertiary alicyclic amines) is 1. The molecule has 0 aliphatic carbocycles. The van der Waals surface area contributed by atoms with Gasteiger partial charge >= 0.3 is 12.1 Å². The molecule has 3 rings (SSSR count). The minimum Gasteiger partial charge on any atom is -0.481 e. The van der Waals surface area contributed by atoms with Gasteiger partial charge in [-0.15, -0.1) is 0 Å². The molecule has 1 aromatic rings. The number of fused-ring (bicyclic) bond motifs is 1. The molecule has 0 spiro atoms. The largest absolute Gasteiger partial charge is 0.481 e. The molecule has 4 nitrogen and oxygen atoms in total. The first-order valence-corrected chi connectivity index (χ1v) is 7.47. The molecule has 0 radical (unpaired) electrons. The maximum atomic E-state index is 12.3. The fourth-order valence-corrected chi connectivity index (χ4v) is 3.51. The SMILES string of the molecule is O=C(O)[C@]12COC[C@H]1CN(Cc1ccc(CC(F)(F)F)cc1)C2. The molecule has 0 aromatic heterocycles. The fraction of sp³-hybridized carbons (Fsp3) is 0.562. The number of nitrogens with zero attached hydrogens (tertiary/aromatic N) is 1. The predicted octanol–water partition coefficient (Wildman–Crippen LogP) is 2.32. The second-order valence-electron chi connectivity index (χ2n) is 6.45. The number of ether oxygens (including phenoxy) is 1. The zero-order valence-electron chi connectivity index (χ0n) is 12.5. The van der Waals surface area contributed by atoms with Gasteiger partial charge in [0, 0.05) is 25.6 Å². The number of benzene rings is 1. The molecular weight excluding hydrogens is 311 g/mol. The van der Waals surface area contributed by atoms with Crippen molar-refractivity contribution in [1.29, 1.82) is 0 Å². The van der Waals surface area contributed by atoms with Crippen LogP contribution < -0.4 is 0 Å². The van der Waals surface area contributed by atoms with E-state index in [0.29, 0.717) is 26.2 Å². The zero-order valence-corrected chi connectivity index (χ0v) is 12.5. The molecule has 0 saturated carbocycles. The van der Waals surface area contributed by atoms with Gasteiger partial charge in [0.25, 0.3) is 0 Å². The minimum absolute atomic E-state index is 0.0236. The fourth-order valence-electron chi connectivity index (χ4n) is 3.51. The lowest BCUT2D eigenvalue weighted by atomic mass is 9.81. The number of halogens is 3. The van der Waals surface area contributed by atoms with Crippen molar-refractivity contribution in [2.24, 2.45) is 11.3 Å². The summed E-state index contributed by atoms with van der Waals surface area (Å²) < 4.78 is 42.4. The molecule has 2 saturated heterocycles. The summed E-state index contributed by atoms with van der Waals surface area (Å²) in [7, 11) is 0. The minimum atomic E-state index is -4.21. The van der Waals surface area contributed by atoms with Crippen LogP contribution in [-0.4, -0.2) is 48.5 Å². The van der Waals surface area contributed by atoms with Gasteiger partial charge in [-0.05, 0) is 11.1 Å². The van der Waals surface area contributed by atoms with Crippen molar-refractivity contribution in [2.75, 3.05) is 26.3 Å². The van der Waals surface area contributed by atoms with Gasteiger partial charge in [0.15, 0.2) is 0 Å². The van der Waals surface area contributed by atoms with Gasteiger partial charge in [-0.3, -0.25) is 9.69 Å². The molecule has 1 aromatic carbocycles. The van der Waals surface area contributed by atoms with Crippen LogP contribution in [0.1, 0.15) is 11.1 Å². The van der Waals surface area contributed by atoms with Crippen molar-refractivity contribution in [2.45, 2.75) is 19.1 Å². The van der Waals surface area contributed by atoms with Crippen molar-refractivity contribution in [3.05, 3.63) is 35.4 Å². The summed E-state index contributed by atoms with van der Waals surface area (Å²) in [5, 5.41) is 9.49. The Kier molecular flexibility index (Phi) is 4.10. The number of alkyl halides is 3. The number of carboxylic acid groups (broad SMARTS) is 1. The van der Waals surface area contributed by atoms with Crippen LogP contribution in [0.15, 0.2) is 24.3 Å². The van der Waals surface area contributed by atoms with Crippen molar-refractivity contribution < 1.29 is 27.8 Å².